The van der Waals surface area contributed by atoms with E-state index in [1.807, 2.05) is 6.07 Å². The van der Waals surface area contributed by atoms with Crippen molar-refractivity contribution in [3.8, 4) is 0 Å². The zero-order valence-electron chi connectivity index (χ0n) is 24.5. The van der Waals surface area contributed by atoms with E-state index in [1.54, 1.807) is 16.2 Å². The number of amides is 2. The summed E-state index contributed by atoms with van der Waals surface area (Å²) >= 11 is 0. The average Bonchev–Trinajstić information content (AvgIpc) is 3.66. The van der Waals surface area contributed by atoms with Crippen molar-refractivity contribution in [3.63, 3.8) is 0 Å². The van der Waals surface area contributed by atoms with Gasteiger partial charge in [0.15, 0.2) is 0 Å². The van der Waals surface area contributed by atoms with Gasteiger partial charge in [-0.2, -0.15) is 0 Å². The topological polar surface area (TPSA) is 86.1 Å². The Bertz CT molecular complexity index is 1350. The van der Waals surface area contributed by atoms with Crippen LogP contribution in [-0.4, -0.2) is 107 Å². The highest BCUT2D eigenvalue weighted by Crippen LogP contribution is 2.33. The van der Waals surface area contributed by atoms with Crippen LogP contribution >= 0.6 is 0 Å². The Morgan fingerprint density at radius 2 is 1.56 bits per heavy atom. The fraction of sp³-hybridized carbons (Fsp3) is 0.710. The zero-order valence-corrected chi connectivity index (χ0v) is 24.5. The van der Waals surface area contributed by atoms with E-state index in [-0.39, 0.29) is 18.0 Å². The highest BCUT2D eigenvalue weighted by atomic mass is 16.2. The number of nitrogens with zero attached hydrogens (tertiary/aromatic N) is 6. The molecule has 41 heavy (non-hydrogen) atoms. The number of carbonyl (C=O) groups excluding carboxylic acids is 2. The number of imidazole rings is 1. The maximum Gasteiger partial charge on any atom is 0.329 e. The maximum absolute atomic E-state index is 13.1. The van der Waals surface area contributed by atoms with E-state index in [2.05, 4.69) is 37.0 Å². The van der Waals surface area contributed by atoms with Crippen molar-refractivity contribution in [3.05, 3.63) is 28.7 Å². The number of carbonyl (C=O) groups is 2. The number of aryl methyl sites for hydroxylation is 1. The Hall–Kier alpha value is -2.69. The lowest BCUT2D eigenvalue weighted by Gasteiger charge is -2.40. The number of aromatic nitrogens is 2. The van der Waals surface area contributed by atoms with E-state index in [9.17, 15) is 14.4 Å². The SMILES string of the molecule is Cn1c(=O)n(C2CCC(=O)NC2=O)c2ccc(N3CCC(CN4CCN(CC5CCC6CCCN65)CC4)CC3)cc21. The van der Waals surface area contributed by atoms with Crippen LogP contribution < -0.4 is 15.9 Å². The largest absolute Gasteiger partial charge is 0.371 e. The van der Waals surface area contributed by atoms with Gasteiger partial charge in [-0.05, 0) is 75.6 Å². The molecule has 0 bridgehead atoms. The zero-order chi connectivity index (χ0) is 28.1. The molecule has 0 saturated carbocycles. The van der Waals surface area contributed by atoms with Gasteiger partial charge >= 0.3 is 5.69 Å². The molecule has 0 radical (unpaired) electrons. The molecule has 0 spiro atoms. The number of benzene rings is 1. The smallest absolute Gasteiger partial charge is 0.329 e. The molecular weight excluding hydrogens is 518 g/mol. The summed E-state index contributed by atoms with van der Waals surface area (Å²) in [5, 5.41) is 2.39. The lowest BCUT2D eigenvalue weighted by molar-refractivity contribution is -0.135. The highest BCUT2D eigenvalue weighted by molar-refractivity contribution is 6.00. The summed E-state index contributed by atoms with van der Waals surface area (Å²) in [6.07, 6.45) is 8.63. The lowest BCUT2D eigenvalue weighted by Crippen LogP contribution is -2.51. The van der Waals surface area contributed by atoms with E-state index in [0.717, 1.165) is 47.8 Å². The number of nitrogens with one attached hydrogen (secondary N) is 1. The van der Waals surface area contributed by atoms with Gasteiger partial charge in [0.25, 0.3) is 0 Å². The minimum atomic E-state index is -0.646. The summed E-state index contributed by atoms with van der Waals surface area (Å²) in [5.41, 5.74) is 2.50. The summed E-state index contributed by atoms with van der Waals surface area (Å²) < 4.78 is 3.19. The van der Waals surface area contributed by atoms with Crippen molar-refractivity contribution in [2.24, 2.45) is 13.0 Å². The first-order chi connectivity index (χ1) is 19.9. The third-order valence-electron chi connectivity index (χ3n) is 10.7. The number of fused-ring (bicyclic) bond motifs is 2. The number of anilines is 1. The Labute approximate surface area is 242 Å². The summed E-state index contributed by atoms with van der Waals surface area (Å²) in [4.78, 5) is 47.9. The third kappa shape index (κ3) is 5.23. The van der Waals surface area contributed by atoms with Crippen LogP contribution in [0.5, 0.6) is 0 Å². The molecule has 5 aliphatic rings. The predicted molar refractivity (Wildman–Crippen MR) is 159 cm³/mol. The molecular formula is C31H45N7O3. The summed E-state index contributed by atoms with van der Waals surface area (Å²) in [6.45, 7) is 10.7. The lowest BCUT2D eigenvalue weighted by atomic mass is 9.95. The number of hydrogen-bond acceptors (Lipinski definition) is 7. The Morgan fingerprint density at radius 1 is 0.805 bits per heavy atom. The van der Waals surface area contributed by atoms with Crippen LogP contribution in [0.15, 0.2) is 23.0 Å². The van der Waals surface area contributed by atoms with Gasteiger partial charge < -0.3 is 9.80 Å². The first-order valence-electron chi connectivity index (χ1n) is 15.9. The van der Waals surface area contributed by atoms with E-state index in [4.69, 9.17) is 0 Å². The quantitative estimate of drug-likeness (QED) is 0.537. The van der Waals surface area contributed by atoms with Crippen LogP contribution in [0.25, 0.3) is 11.0 Å². The van der Waals surface area contributed by atoms with Crippen LogP contribution in [0.2, 0.25) is 0 Å². The standard InChI is InChI=1S/C31H45N7O3/c1-33-28-19-24(6-7-26(28)38(31(33)41)27-8-9-29(39)32-30(27)40)36-13-10-22(11-14-36)20-34-15-17-35(18-16-34)21-25-5-4-23-3-2-12-37(23)25/h6-7,19,22-23,25,27H,2-5,8-18,20-21H2,1H3,(H,32,39,40). The molecule has 5 aliphatic heterocycles. The number of rotatable bonds is 6. The van der Waals surface area contributed by atoms with Crippen LogP contribution in [0.1, 0.15) is 57.4 Å². The summed E-state index contributed by atoms with van der Waals surface area (Å²) in [7, 11) is 1.76. The highest BCUT2D eigenvalue weighted by Gasteiger charge is 2.37. The van der Waals surface area contributed by atoms with Crippen molar-refractivity contribution >= 4 is 28.5 Å². The monoisotopic (exact) mass is 563 g/mol. The molecule has 2 aromatic rings. The molecule has 1 aromatic heterocycles. The molecule has 0 aliphatic carbocycles. The fourth-order valence-corrected chi connectivity index (χ4v) is 8.37. The van der Waals surface area contributed by atoms with Crippen molar-refractivity contribution in [1.29, 1.82) is 0 Å². The van der Waals surface area contributed by atoms with Gasteiger partial charge in [0, 0.05) is 83.6 Å². The summed E-state index contributed by atoms with van der Waals surface area (Å²) in [6, 6.07) is 7.19. The summed E-state index contributed by atoms with van der Waals surface area (Å²) in [5.74, 6) is 0.0733. The van der Waals surface area contributed by atoms with E-state index >= 15 is 0 Å². The van der Waals surface area contributed by atoms with Gasteiger partial charge in [0.1, 0.15) is 6.04 Å². The molecule has 1 N–H and O–H groups in total. The second kappa shape index (κ2) is 11.2. The molecule has 10 nitrogen and oxygen atoms in total. The van der Waals surface area contributed by atoms with E-state index in [1.165, 1.54) is 84.3 Å². The van der Waals surface area contributed by atoms with Gasteiger partial charge in [-0.3, -0.25) is 33.8 Å². The van der Waals surface area contributed by atoms with Crippen molar-refractivity contribution in [2.75, 3.05) is 63.8 Å². The number of hydrogen-bond donors (Lipinski definition) is 1. The first kappa shape index (κ1) is 27.2. The molecule has 5 fully saturated rings. The van der Waals surface area contributed by atoms with Crippen molar-refractivity contribution < 1.29 is 9.59 Å². The second-order valence-corrected chi connectivity index (χ2v) is 13.1. The Kier molecular flexibility index (Phi) is 7.41. The van der Waals surface area contributed by atoms with Crippen molar-refractivity contribution in [1.82, 2.24) is 29.2 Å². The van der Waals surface area contributed by atoms with Crippen LogP contribution in [0.3, 0.4) is 0 Å². The number of imide groups is 1. The maximum atomic E-state index is 13.1. The first-order valence-corrected chi connectivity index (χ1v) is 15.9. The molecule has 7 rings (SSSR count). The van der Waals surface area contributed by atoms with Crippen LogP contribution in [0, 0.1) is 5.92 Å². The average molecular weight is 564 g/mol. The predicted octanol–water partition coefficient (Wildman–Crippen LogP) is 1.78. The second-order valence-electron chi connectivity index (χ2n) is 13.1. The van der Waals surface area contributed by atoms with Crippen LogP contribution in [-0.2, 0) is 16.6 Å². The molecule has 3 atom stereocenters. The number of piperidine rings is 2. The van der Waals surface area contributed by atoms with Crippen molar-refractivity contribution in [2.45, 2.75) is 69.5 Å². The van der Waals surface area contributed by atoms with E-state index in [0.29, 0.717) is 6.42 Å². The molecule has 1 aromatic carbocycles. The van der Waals surface area contributed by atoms with Crippen LogP contribution in [0.4, 0.5) is 5.69 Å². The van der Waals surface area contributed by atoms with E-state index < -0.39 is 11.9 Å². The minimum Gasteiger partial charge on any atom is -0.371 e. The Morgan fingerprint density at radius 3 is 2.32 bits per heavy atom. The molecule has 2 amide bonds. The Balaban J connectivity index is 0.923. The fourth-order valence-electron chi connectivity index (χ4n) is 8.37. The van der Waals surface area contributed by atoms with Gasteiger partial charge in [0.05, 0.1) is 11.0 Å². The van der Waals surface area contributed by atoms with Gasteiger partial charge in [-0.15, -0.1) is 0 Å². The number of piperazine rings is 1. The van der Waals surface area contributed by atoms with Gasteiger partial charge in [-0.25, -0.2) is 4.79 Å². The molecule has 3 unspecified atom stereocenters. The molecule has 6 heterocycles. The van der Waals surface area contributed by atoms with Gasteiger partial charge in [-0.1, -0.05) is 0 Å². The minimum absolute atomic E-state index is 0.214. The molecule has 222 valence electrons. The third-order valence-corrected chi connectivity index (χ3v) is 10.7. The van der Waals surface area contributed by atoms with Gasteiger partial charge in [0.2, 0.25) is 11.8 Å². The molecule has 10 heteroatoms. The molecule has 5 saturated heterocycles. The normalized spacial score (nSPS) is 29.0.